The molecule has 0 saturated carbocycles. The summed E-state index contributed by atoms with van der Waals surface area (Å²) in [5.74, 6) is -0.515. The number of benzene rings is 1. The maximum absolute atomic E-state index is 12.6. The summed E-state index contributed by atoms with van der Waals surface area (Å²) in [4.78, 5) is 11.2. The molecule has 0 aliphatic carbocycles. The average molecular weight is 311 g/mol. The molecule has 0 atom stereocenters. The van der Waals surface area contributed by atoms with Crippen molar-refractivity contribution in [3.05, 3.63) is 29.3 Å². The molecule has 0 spiro atoms. The number of carbonyl (C=O) groups is 1. The van der Waals surface area contributed by atoms with Gasteiger partial charge in [0.2, 0.25) is 10.0 Å². The highest BCUT2D eigenvalue weighted by Gasteiger charge is 2.29. The summed E-state index contributed by atoms with van der Waals surface area (Å²) < 4.78 is 26.7. The van der Waals surface area contributed by atoms with Crippen LogP contribution in [0.4, 0.5) is 0 Å². The Bertz CT molecular complexity index is 631. The monoisotopic (exact) mass is 311 g/mol. The lowest BCUT2D eigenvalue weighted by atomic mass is 9.96. The van der Waals surface area contributed by atoms with Gasteiger partial charge in [-0.15, -0.1) is 0 Å². The van der Waals surface area contributed by atoms with E-state index in [4.69, 9.17) is 5.11 Å². The summed E-state index contributed by atoms with van der Waals surface area (Å²) in [6.45, 7) is 4.80. The van der Waals surface area contributed by atoms with Crippen LogP contribution in [0, 0.1) is 12.8 Å². The van der Waals surface area contributed by atoms with Crippen LogP contribution < -0.4 is 0 Å². The molecule has 116 valence electrons. The number of sulfonamides is 1. The molecule has 0 radical (unpaired) electrons. The highest BCUT2D eigenvalue weighted by atomic mass is 32.2. The predicted octanol–water partition coefficient (Wildman–Crippen LogP) is 2.50. The predicted molar refractivity (Wildman–Crippen MR) is 79.9 cm³/mol. The second-order valence-electron chi connectivity index (χ2n) is 5.54. The number of aromatic carboxylic acids is 1. The SMILES string of the molecule is CCC1CCN(S(=O)(=O)c2ccc(C)c(C(=O)O)c2)CC1. The molecular weight excluding hydrogens is 290 g/mol. The van der Waals surface area contributed by atoms with Crippen LogP contribution in [0.1, 0.15) is 42.1 Å². The Morgan fingerprint density at radius 1 is 1.33 bits per heavy atom. The highest BCUT2D eigenvalue weighted by molar-refractivity contribution is 7.89. The molecule has 1 fully saturated rings. The van der Waals surface area contributed by atoms with Gasteiger partial charge in [0.05, 0.1) is 10.5 Å². The van der Waals surface area contributed by atoms with Crippen molar-refractivity contribution in [1.82, 2.24) is 4.31 Å². The third kappa shape index (κ3) is 3.27. The van der Waals surface area contributed by atoms with Crippen LogP contribution in [0.5, 0.6) is 0 Å². The smallest absolute Gasteiger partial charge is 0.335 e. The molecule has 1 aliphatic heterocycles. The lowest BCUT2D eigenvalue weighted by Crippen LogP contribution is -2.38. The molecule has 0 unspecified atom stereocenters. The summed E-state index contributed by atoms with van der Waals surface area (Å²) in [7, 11) is -3.60. The number of carboxylic acids is 1. The van der Waals surface area contributed by atoms with Crippen molar-refractivity contribution in [2.75, 3.05) is 13.1 Å². The van der Waals surface area contributed by atoms with Gasteiger partial charge >= 0.3 is 5.97 Å². The fraction of sp³-hybridized carbons (Fsp3) is 0.533. The third-order valence-corrected chi connectivity index (χ3v) is 6.12. The molecule has 1 aromatic rings. The van der Waals surface area contributed by atoms with E-state index in [1.807, 2.05) is 0 Å². The van der Waals surface area contributed by atoms with Crippen molar-refractivity contribution in [3.8, 4) is 0 Å². The van der Waals surface area contributed by atoms with E-state index in [-0.39, 0.29) is 10.5 Å². The maximum atomic E-state index is 12.6. The minimum atomic E-state index is -3.60. The molecule has 1 heterocycles. The van der Waals surface area contributed by atoms with Crippen LogP contribution in [0.15, 0.2) is 23.1 Å². The number of nitrogens with zero attached hydrogens (tertiary/aromatic N) is 1. The Morgan fingerprint density at radius 3 is 2.48 bits per heavy atom. The molecule has 0 bridgehead atoms. The lowest BCUT2D eigenvalue weighted by molar-refractivity contribution is 0.0696. The topological polar surface area (TPSA) is 74.7 Å². The second-order valence-corrected chi connectivity index (χ2v) is 7.48. The normalized spacial score (nSPS) is 17.8. The summed E-state index contributed by atoms with van der Waals surface area (Å²) in [5.41, 5.74) is 0.602. The lowest BCUT2D eigenvalue weighted by Gasteiger charge is -2.30. The van der Waals surface area contributed by atoms with Crippen LogP contribution in [-0.4, -0.2) is 36.9 Å². The van der Waals surface area contributed by atoms with E-state index in [0.29, 0.717) is 24.6 Å². The fourth-order valence-electron chi connectivity index (χ4n) is 2.70. The summed E-state index contributed by atoms with van der Waals surface area (Å²) >= 11 is 0. The van der Waals surface area contributed by atoms with Gasteiger partial charge in [-0.25, -0.2) is 13.2 Å². The standard InChI is InChI=1S/C15H21NO4S/c1-3-12-6-8-16(9-7-12)21(19,20)13-5-4-11(2)14(10-13)15(17)18/h4-5,10,12H,3,6-9H2,1-2H3,(H,17,18). The van der Waals surface area contributed by atoms with Gasteiger partial charge in [0.25, 0.3) is 0 Å². The van der Waals surface area contributed by atoms with Gasteiger partial charge in [-0.05, 0) is 43.4 Å². The van der Waals surface area contributed by atoms with Gasteiger partial charge in [0, 0.05) is 13.1 Å². The van der Waals surface area contributed by atoms with Gasteiger partial charge in [-0.2, -0.15) is 4.31 Å². The van der Waals surface area contributed by atoms with E-state index >= 15 is 0 Å². The minimum absolute atomic E-state index is 0.0412. The Kier molecular flexibility index (Phi) is 4.68. The van der Waals surface area contributed by atoms with Crippen LogP contribution in [0.2, 0.25) is 0 Å². The number of hydrogen-bond acceptors (Lipinski definition) is 3. The van der Waals surface area contributed by atoms with Crippen molar-refractivity contribution in [1.29, 1.82) is 0 Å². The zero-order valence-corrected chi connectivity index (χ0v) is 13.2. The van der Waals surface area contributed by atoms with Gasteiger partial charge in [-0.3, -0.25) is 0 Å². The molecule has 1 aromatic carbocycles. The van der Waals surface area contributed by atoms with E-state index < -0.39 is 16.0 Å². The van der Waals surface area contributed by atoms with Gasteiger partial charge in [-0.1, -0.05) is 19.4 Å². The van der Waals surface area contributed by atoms with Crippen LogP contribution in [0.25, 0.3) is 0 Å². The average Bonchev–Trinajstić information content (AvgIpc) is 2.47. The molecule has 6 heteroatoms. The van der Waals surface area contributed by atoms with Crippen LogP contribution in [0.3, 0.4) is 0 Å². The summed E-state index contributed by atoms with van der Waals surface area (Å²) in [6.07, 6.45) is 2.81. The molecule has 1 aliphatic rings. The van der Waals surface area contributed by atoms with E-state index in [2.05, 4.69) is 6.92 Å². The second kappa shape index (κ2) is 6.15. The zero-order valence-electron chi connectivity index (χ0n) is 12.4. The molecule has 1 saturated heterocycles. The Balaban J connectivity index is 2.28. The van der Waals surface area contributed by atoms with E-state index in [1.54, 1.807) is 13.0 Å². The molecule has 0 aromatic heterocycles. The fourth-order valence-corrected chi connectivity index (χ4v) is 4.20. The van der Waals surface area contributed by atoms with Crippen molar-refractivity contribution in [2.45, 2.75) is 38.0 Å². The van der Waals surface area contributed by atoms with Crippen molar-refractivity contribution < 1.29 is 18.3 Å². The molecular formula is C15H21NO4S. The first kappa shape index (κ1) is 16.0. The highest BCUT2D eigenvalue weighted by Crippen LogP contribution is 2.26. The van der Waals surface area contributed by atoms with E-state index in [1.165, 1.54) is 16.4 Å². The van der Waals surface area contributed by atoms with Gasteiger partial charge in [0.15, 0.2) is 0 Å². The first-order chi connectivity index (χ1) is 9.86. The van der Waals surface area contributed by atoms with Crippen molar-refractivity contribution in [2.24, 2.45) is 5.92 Å². The zero-order chi connectivity index (χ0) is 15.6. The quantitative estimate of drug-likeness (QED) is 0.927. The van der Waals surface area contributed by atoms with Crippen molar-refractivity contribution >= 4 is 16.0 Å². The first-order valence-corrected chi connectivity index (χ1v) is 8.64. The molecule has 21 heavy (non-hydrogen) atoms. The minimum Gasteiger partial charge on any atom is -0.478 e. The largest absolute Gasteiger partial charge is 0.478 e. The number of rotatable bonds is 4. The number of hydrogen-bond donors (Lipinski definition) is 1. The molecule has 2 rings (SSSR count). The van der Waals surface area contributed by atoms with Gasteiger partial charge < -0.3 is 5.11 Å². The molecule has 5 nitrogen and oxygen atoms in total. The number of aryl methyl sites for hydroxylation is 1. The first-order valence-electron chi connectivity index (χ1n) is 7.20. The third-order valence-electron chi connectivity index (χ3n) is 4.23. The van der Waals surface area contributed by atoms with E-state index in [0.717, 1.165) is 19.3 Å². The summed E-state index contributed by atoms with van der Waals surface area (Å²) in [5, 5.41) is 9.12. The molecule has 0 amide bonds. The van der Waals surface area contributed by atoms with Gasteiger partial charge in [0.1, 0.15) is 0 Å². The molecule has 1 N–H and O–H groups in total. The Labute approximate surface area is 125 Å². The van der Waals surface area contributed by atoms with E-state index in [9.17, 15) is 13.2 Å². The summed E-state index contributed by atoms with van der Waals surface area (Å²) in [6, 6.07) is 4.30. The number of carboxylic acid groups (broad SMARTS) is 1. The Hall–Kier alpha value is -1.40. The maximum Gasteiger partial charge on any atom is 0.335 e. The van der Waals surface area contributed by atoms with Crippen LogP contribution >= 0.6 is 0 Å². The number of piperidine rings is 1. The Morgan fingerprint density at radius 2 is 1.95 bits per heavy atom. The van der Waals surface area contributed by atoms with Crippen molar-refractivity contribution in [3.63, 3.8) is 0 Å². The van der Waals surface area contributed by atoms with Crippen LogP contribution in [-0.2, 0) is 10.0 Å².